The second-order valence-corrected chi connectivity index (χ2v) is 6.06. The summed E-state index contributed by atoms with van der Waals surface area (Å²) in [6, 6.07) is 13.6. The maximum atomic E-state index is 12.9. The van der Waals surface area contributed by atoms with E-state index in [0.29, 0.717) is 11.4 Å². The standard InChI is InChI=1S/C20H20N2O4/c1-3-13-8-10-15(11-9-13)22-19(24)16(18(23)21-20(22)25)12-14-6-4-5-7-17(14)26-2/h4-11,16H,3,12H2,1-2H3,(H,21,23,25). The van der Waals surface area contributed by atoms with Gasteiger partial charge in [0.1, 0.15) is 11.7 Å². The van der Waals surface area contributed by atoms with Crippen LogP contribution in [0.1, 0.15) is 18.1 Å². The molecule has 0 saturated carbocycles. The molecule has 1 atom stereocenters. The average molecular weight is 352 g/mol. The van der Waals surface area contributed by atoms with Crippen LogP contribution in [0.5, 0.6) is 5.75 Å². The number of ether oxygens (including phenoxy) is 1. The highest BCUT2D eigenvalue weighted by molar-refractivity contribution is 6.27. The molecule has 26 heavy (non-hydrogen) atoms. The quantitative estimate of drug-likeness (QED) is 0.840. The maximum absolute atomic E-state index is 12.9. The molecule has 6 nitrogen and oxygen atoms in total. The first-order valence-electron chi connectivity index (χ1n) is 8.44. The van der Waals surface area contributed by atoms with Crippen LogP contribution >= 0.6 is 0 Å². The lowest BCUT2D eigenvalue weighted by atomic mass is 9.94. The molecular formula is C20H20N2O4. The number of para-hydroxylation sites is 1. The highest BCUT2D eigenvalue weighted by Crippen LogP contribution is 2.26. The molecule has 1 aliphatic heterocycles. The van der Waals surface area contributed by atoms with Crippen LogP contribution < -0.4 is 15.0 Å². The third-order valence-electron chi connectivity index (χ3n) is 4.49. The summed E-state index contributed by atoms with van der Waals surface area (Å²) >= 11 is 0. The van der Waals surface area contributed by atoms with E-state index in [9.17, 15) is 14.4 Å². The van der Waals surface area contributed by atoms with Crippen molar-refractivity contribution in [2.24, 2.45) is 5.92 Å². The molecule has 1 heterocycles. The first-order chi connectivity index (χ1) is 12.5. The Balaban J connectivity index is 1.90. The highest BCUT2D eigenvalue weighted by atomic mass is 16.5. The number of nitrogens with one attached hydrogen (secondary N) is 1. The molecule has 1 N–H and O–H groups in total. The molecule has 3 rings (SSSR count). The molecule has 2 aromatic rings. The van der Waals surface area contributed by atoms with E-state index >= 15 is 0 Å². The summed E-state index contributed by atoms with van der Waals surface area (Å²) in [6.45, 7) is 2.02. The number of benzene rings is 2. The van der Waals surface area contributed by atoms with Crippen molar-refractivity contribution < 1.29 is 19.1 Å². The number of nitrogens with zero attached hydrogens (tertiary/aromatic N) is 1. The topological polar surface area (TPSA) is 75.7 Å². The third-order valence-corrected chi connectivity index (χ3v) is 4.49. The summed E-state index contributed by atoms with van der Waals surface area (Å²) in [4.78, 5) is 38.5. The lowest BCUT2D eigenvalue weighted by Gasteiger charge is -2.30. The van der Waals surface area contributed by atoms with Crippen molar-refractivity contribution in [3.63, 3.8) is 0 Å². The Hall–Kier alpha value is -3.15. The van der Waals surface area contributed by atoms with Gasteiger partial charge in [-0.05, 0) is 42.2 Å². The number of methoxy groups -OCH3 is 1. The first kappa shape index (κ1) is 17.7. The van der Waals surface area contributed by atoms with Crippen LogP contribution in [0.4, 0.5) is 10.5 Å². The molecule has 0 spiro atoms. The van der Waals surface area contributed by atoms with Crippen LogP contribution in [0.3, 0.4) is 0 Å². The number of carbonyl (C=O) groups excluding carboxylic acids is 3. The molecule has 6 heteroatoms. The van der Waals surface area contributed by atoms with Crippen molar-refractivity contribution in [3.8, 4) is 5.75 Å². The van der Waals surface area contributed by atoms with Crippen LogP contribution in [0, 0.1) is 5.92 Å². The smallest absolute Gasteiger partial charge is 0.335 e. The van der Waals surface area contributed by atoms with E-state index in [0.717, 1.165) is 22.4 Å². The summed E-state index contributed by atoms with van der Waals surface area (Å²) in [5, 5.41) is 2.28. The number of carbonyl (C=O) groups is 3. The van der Waals surface area contributed by atoms with Gasteiger partial charge in [0.15, 0.2) is 0 Å². The number of barbiturate groups is 1. The average Bonchev–Trinajstić information content (AvgIpc) is 2.66. The number of hydrogen-bond acceptors (Lipinski definition) is 4. The normalized spacial score (nSPS) is 17.2. The molecule has 4 amide bonds. The van der Waals surface area contributed by atoms with E-state index in [4.69, 9.17) is 4.74 Å². The highest BCUT2D eigenvalue weighted by Gasteiger charge is 2.41. The summed E-state index contributed by atoms with van der Waals surface area (Å²) in [6.07, 6.45) is 1.01. The van der Waals surface area contributed by atoms with Gasteiger partial charge in [0.2, 0.25) is 11.8 Å². The largest absolute Gasteiger partial charge is 0.496 e. The Bertz CT molecular complexity index is 845. The van der Waals surface area contributed by atoms with E-state index in [1.165, 1.54) is 7.11 Å². The van der Waals surface area contributed by atoms with Crippen molar-refractivity contribution in [3.05, 3.63) is 59.7 Å². The summed E-state index contributed by atoms with van der Waals surface area (Å²) in [7, 11) is 1.53. The minimum absolute atomic E-state index is 0.158. The van der Waals surface area contributed by atoms with Crippen molar-refractivity contribution in [1.82, 2.24) is 5.32 Å². The zero-order valence-electron chi connectivity index (χ0n) is 14.7. The van der Waals surface area contributed by atoms with E-state index < -0.39 is 23.8 Å². The third kappa shape index (κ3) is 3.31. The Morgan fingerprint density at radius 2 is 1.73 bits per heavy atom. The fourth-order valence-electron chi connectivity index (χ4n) is 3.01. The Kier molecular flexibility index (Phi) is 5.02. The zero-order chi connectivity index (χ0) is 18.7. The molecule has 0 radical (unpaired) electrons. The predicted molar refractivity (Wildman–Crippen MR) is 97.0 cm³/mol. The van der Waals surface area contributed by atoms with E-state index in [2.05, 4.69) is 5.32 Å². The molecule has 134 valence electrons. The molecule has 0 aliphatic carbocycles. The number of amides is 4. The number of anilines is 1. The number of imide groups is 2. The fraction of sp³-hybridized carbons (Fsp3) is 0.250. The van der Waals surface area contributed by atoms with Gasteiger partial charge in [-0.15, -0.1) is 0 Å². The lowest BCUT2D eigenvalue weighted by Crippen LogP contribution is -2.58. The predicted octanol–water partition coefficient (Wildman–Crippen LogP) is 2.70. The van der Waals surface area contributed by atoms with E-state index in [1.54, 1.807) is 24.3 Å². The Morgan fingerprint density at radius 3 is 2.38 bits per heavy atom. The van der Waals surface area contributed by atoms with Gasteiger partial charge in [-0.2, -0.15) is 0 Å². The van der Waals surface area contributed by atoms with Gasteiger partial charge in [0.25, 0.3) is 0 Å². The summed E-state index contributed by atoms with van der Waals surface area (Å²) in [5.74, 6) is -1.51. The SMILES string of the molecule is CCc1ccc(N2C(=O)NC(=O)C(Cc3ccccc3OC)C2=O)cc1. The molecule has 2 aromatic carbocycles. The van der Waals surface area contributed by atoms with Crippen LogP contribution in [0.25, 0.3) is 0 Å². The zero-order valence-corrected chi connectivity index (χ0v) is 14.7. The van der Waals surface area contributed by atoms with E-state index in [1.807, 2.05) is 31.2 Å². The van der Waals surface area contributed by atoms with Gasteiger partial charge in [0.05, 0.1) is 12.8 Å². The lowest BCUT2D eigenvalue weighted by molar-refractivity contribution is -0.134. The number of hydrogen-bond donors (Lipinski definition) is 1. The molecule has 1 unspecified atom stereocenters. The van der Waals surface area contributed by atoms with Crippen molar-refractivity contribution in [2.75, 3.05) is 12.0 Å². The van der Waals surface area contributed by atoms with Crippen LogP contribution in [0.2, 0.25) is 0 Å². The van der Waals surface area contributed by atoms with Gasteiger partial charge in [-0.3, -0.25) is 14.9 Å². The minimum Gasteiger partial charge on any atom is -0.496 e. The number of urea groups is 1. The fourth-order valence-corrected chi connectivity index (χ4v) is 3.01. The van der Waals surface area contributed by atoms with Gasteiger partial charge in [0, 0.05) is 0 Å². The van der Waals surface area contributed by atoms with Crippen LogP contribution in [0.15, 0.2) is 48.5 Å². The van der Waals surface area contributed by atoms with Gasteiger partial charge in [-0.25, -0.2) is 9.69 Å². The second kappa shape index (κ2) is 7.39. The molecule has 0 bridgehead atoms. The maximum Gasteiger partial charge on any atom is 0.335 e. The second-order valence-electron chi connectivity index (χ2n) is 6.06. The van der Waals surface area contributed by atoms with Gasteiger partial charge in [-0.1, -0.05) is 37.3 Å². The van der Waals surface area contributed by atoms with Crippen molar-refractivity contribution in [1.29, 1.82) is 0 Å². The minimum atomic E-state index is -0.991. The Labute approximate surface area is 151 Å². The molecule has 0 aromatic heterocycles. The van der Waals surface area contributed by atoms with Crippen LogP contribution in [-0.4, -0.2) is 25.0 Å². The summed E-state index contributed by atoms with van der Waals surface area (Å²) in [5.41, 5.74) is 2.28. The summed E-state index contributed by atoms with van der Waals surface area (Å²) < 4.78 is 5.29. The molecule has 1 saturated heterocycles. The van der Waals surface area contributed by atoms with Gasteiger partial charge >= 0.3 is 6.03 Å². The van der Waals surface area contributed by atoms with Gasteiger partial charge < -0.3 is 4.74 Å². The first-order valence-corrected chi connectivity index (χ1v) is 8.44. The monoisotopic (exact) mass is 352 g/mol. The number of rotatable bonds is 5. The van der Waals surface area contributed by atoms with Crippen molar-refractivity contribution >= 4 is 23.5 Å². The van der Waals surface area contributed by atoms with Crippen LogP contribution in [-0.2, 0) is 22.4 Å². The van der Waals surface area contributed by atoms with E-state index in [-0.39, 0.29) is 6.42 Å². The molecular weight excluding hydrogens is 332 g/mol. The molecule has 1 aliphatic rings. The molecule has 1 fully saturated rings. The van der Waals surface area contributed by atoms with Crippen molar-refractivity contribution in [2.45, 2.75) is 19.8 Å². The number of aryl methyl sites for hydroxylation is 1. The Morgan fingerprint density at radius 1 is 1.04 bits per heavy atom.